The molecule has 0 aliphatic rings. The number of Topliss-reactive ketones (excluding diaryl/α,β-unsaturated/α-hetero) is 1. The highest BCUT2D eigenvalue weighted by Gasteiger charge is 2.16. The average Bonchev–Trinajstić information content (AvgIpc) is 2.55. The number of fused-ring (bicyclic) bond motifs is 1. The van der Waals surface area contributed by atoms with E-state index in [9.17, 15) is 4.79 Å². The third-order valence-electron chi connectivity index (χ3n) is 3.32. The highest BCUT2D eigenvalue weighted by atomic mass is 16.5. The molecule has 1 atom stereocenters. The molecule has 2 aromatic carbocycles. The monoisotopic (exact) mass is 277 g/mol. The van der Waals surface area contributed by atoms with Crippen molar-refractivity contribution in [1.29, 1.82) is 0 Å². The summed E-state index contributed by atoms with van der Waals surface area (Å²) < 4.78 is 5.75. The maximum Gasteiger partial charge on any atom is 0.202 e. The molecule has 1 unspecified atom stereocenters. The molecule has 3 heteroatoms. The summed E-state index contributed by atoms with van der Waals surface area (Å²) in [6, 6.07) is 18.7. The zero-order valence-corrected chi connectivity index (χ0v) is 11.7. The van der Waals surface area contributed by atoms with E-state index in [1.165, 1.54) is 0 Å². The summed E-state index contributed by atoms with van der Waals surface area (Å²) in [5.41, 5.74) is 1.51. The largest absolute Gasteiger partial charge is 0.482 e. The number of ketones is 1. The summed E-state index contributed by atoms with van der Waals surface area (Å²) in [5, 5.41) is 1.05. The fourth-order valence-electron chi connectivity index (χ4n) is 2.21. The Morgan fingerprint density at radius 3 is 2.67 bits per heavy atom. The number of benzene rings is 2. The Balaban J connectivity index is 1.80. The van der Waals surface area contributed by atoms with Gasteiger partial charge >= 0.3 is 0 Å². The van der Waals surface area contributed by atoms with Gasteiger partial charge in [0.15, 0.2) is 6.10 Å². The van der Waals surface area contributed by atoms with E-state index >= 15 is 0 Å². The molecule has 0 amide bonds. The summed E-state index contributed by atoms with van der Waals surface area (Å²) >= 11 is 0. The minimum Gasteiger partial charge on any atom is -0.482 e. The van der Waals surface area contributed by atoms with E-state index in [2.05, 4.69) is 4.98 Å². The molecule has 21 heavy (non-hydrogen) atoms. The maximum absolute atomic E-state index is 12.3. The number of nitrogens with zero attached hydrogens (tertiary/aromatic N) is 1. The molecule has 0 saturated heterocycles. The van der Waals surface area contributed by atoms with Gasteiger partial charge < -0.3 is 4.74 Å². The van der Waals surface area contributed by atoms with Crippen LogP contribution >= 0.6 is 0 Å². The SMILES string of the molecule is CC(Oc1ccc2cccnc2c1)C(=O)c1ccccc1. The van der Waals surface area contributed by atoms with Crippen LogP contribution in [0.3, 0.4) is 0 Å². The van der Waals surface area contributed by atoms with E-state index in [1.807, 2.05) is 48.5 Å². The van der Waals surface area contributed by atoms with Crippen molar-refractivity contribution in [2.24, 2.45) is 0 Å². The second-order valence-electron chi connectivity index (χ2n) is 4.85. The molecule has 0 aliphatic carbocycles. The molecule has 3 rings (SSSR count). The van der Waals surface area contributed by atoms with Crippen LogP contribution in [0.4, 0.5) is 0 Å². The van der Waals surface area contributed by atoms with Crippen molar-refractivity contribution in [3.63, 3.8) is 0 Å². The lowest BCUT2D eigenvalue weighted by Crippen LogP contribution is -2.23. The van der Waals surface area contributed by atoms with Crippen LogP contribution in [0, 0.1) is 0 Å². The van der Waals surface area contributed by atoms with Crippen LogP contribution in [-0.4, -0.2) is 16.9 Å². The lowest BCUT2D eigenvalue weighted by molar-refractivity contribution is 0.0818. The Bertz CT molecular complexity index is 768. The van der Waals surface area contributed by atoms with Gasteiger partial charge in [0.05, 0.1) is 5.52 Å². The van der Waals surface area contributed by atoms with Crippen molar-refractivity contribution in [3.8, 4) is 5.75 Å². The Morgan fingerprint density at radius 2 is 1.86 bits per heavy atom. The number of ether oxygens (including phenoxy) is 1. The molecule has 104 valence electrons. The fourth-order valence-corrected chi connectivity index (χ4v) is 2.21. The predicted molar refractivity (Wildman–Crippen MR) is 82.6 cm³/mol. The van der Waals surface area contributed by atoms with Crippen molar-refractivity contribution in [1.82, 2.24) is 4.98 Å². The molecule has 0 N–H and O–H groups in total. The molecule has 3 aromatic rings. The van der Waals surface area contributed by atoms with Crippen molar-refractivity contribution in [2.75, 3.05) is 0 Å². The second-order valence-corrected chi connectivity index (χ2v) is 4.85. The molecule has 0 radical (unpaired) electrons. The van der Waals surface area contributed by atoms with Crippen LogP contribution in [0.1, 0.15) is 17.3 Å². The molecular formula is C18H15NO2. The molecule has 3 nitrogen and oxygen atoms in total. The molecule has 1 aromatic heterocycles. The number of rotatable bonds is 4. The number of carbonyl (C=O) groups excluding carboxylic acids is 1. The lowest BCUT2D eigenvalue weighted by Gasteiger charge is -2.14. The maximum atomic E-state index is 12.3. The summed E-state index contributed by atoms with van der Waals surface area (Å²) in [6.07, 6.45) is 1.21. The van der Waals surface area contributed by atoms with Gasteiger partial charge in [-0.25, -0.2) is 0 Å². The molecular weight excluding hydrogens is 262 g/mol. The zero-order valence-electron chi connectivity index (χ0n) is 11.7. The number of hydrogen-bond acceptors (Lipinski definition) is 3. The van der Waals surface area contributed by atoms with E-state index in [0.29, 0.717) is 11.3 Å². The minimum absolute atomic E-state index is 0.0308. The van der Waals surface area contributed by atoms with Crippen molar-refractivity contribution in [3.05, 3.63) is 72.4 Å². The smallest absolute Gasteiger partial charge is 0.202 e. The van der Waals surface area contributed by atoms with E-state index in [0.717, 1.165) is 10.9 Å². The van der Waals surface area contributed by atoms with Crippen LogP contribution in [0.5, 0.6) is 5.75 Å². The summed E-state index contributed by atoms with van der Waals surface area (Å²) in [5.74, 6) is 0.620. The first-order chi connectivity index (χ1) is 10.2. The van der Waals surface area contributed by atoms with Crippen LogP contribution in [0.25, 0.3) is 10.9 Å². The number of aromatic nitrogens is 1. The first-order valence-electron chi connectivity index (χ1n) is 6.85. The van der Waals surface area contributed by atoms with Gasteiger partial charge in [-0.1, -0.05) is 36.4 Å². The lowest BCUT2D eigenvalue weighted by atomic mass is 10.1. The molecule has 0 saturated carbocycles. The van der Waals surface area contributed by atoms with Gasteiger partial charge in [-0.05, 0) is 25.1 Å². The van der Waals surface area contributed by atoms with Crippen LogP contribution in [0.15, 0.2) is 66.9 Å². The topological polar surface area (TPSA) is 39.2 Å². The van der Waals surface area contributed by atoms with Crippen molar-refractivity contribution < 1.29 is 9.53 Å². The number of pyridine rings is 1. The standard InChI is InChI=1S/C18H15NO2/c1-13(18(20)15-6-3-2-4-7-15)21-16-10-9-14-8-5-11-19-17(14)12-16/h2-13H,1H3. The highest BCUT2D eigenvalue weighted by molar-refractivity contribution is 5.99. The van der Waals surface area contributed by atoms with E-state index in [-0.39, 0.29) is 5.78 Å². The number of hydrogen-bond donors (Lipinski definition) is 0. The van der Waals surface area contributed by atoms with Gasteiger partial charge in [-0.2, -0.15) is 0 Å². The molecule has 0 bridgehead atoms. The number of carbonyl (C=O) groups is 1. The van der Waals surface area contributed by atoms with E-state index < -0.39 is 6.10 Å². The molecule has 1 heterocycles. The molecule has 0 fully saturated rings. The van der Waals surface area contributed by atoms with Gasteiger partial charge in [0, 0.05) is 23.2 Å². The van der Waals surface area contributed by atoms with Gasteiger partial charge in [0.25, 0.3) is 0 Å². The van der Waals surface area contributed by atoms with Crippen LogP contribution in [0.2, 0.25) is 0 Å². The minimum atomic E-state index is -0.534. The van der Waals surface area contributed by atoms with Gasteiger partial charge in [0.2, 0.25) is 5.78 Å². The van der Waals surface area contributed by atoms with Gasteiger partial charge in [-0.15, -0.1) is 0 Å². The molecule has 0 spiro atoms. The van der Waals surface area contributed by atoms with Gasteiger partial charge in [0.1, 0.15) is 5.75 Å². The Morgan fingerprint density at radius 1 is 1.05 bits per heavy atom. The van der Waals surface area contributed by atoms with Crippen LogP contribution < -0.4 is 4.74 Å². The zero-order chi connectivity index (χ0) is 14.7. The summed E-state index contributed by atoms with van der Waals surface area (Å²) in [6.45, 7) is 1.76. The quantitative estimate of drug-likeness (QED) is 0.679. The third kappa shape index (κ3) is 2.92. The van der Waals surface area contributed by atoms with Crippen LogP contribution in [-0.2, 0) is 0 Å². The Kier molecular flexibility index (Phi) is 3.65. The van der Waals surface area contributed by atoms with E-state index in [1.54, 1.807) is 25.3 Å². The summed E-state index contributed by atoms with van der Waals surface area (Å²) in [7, 11) is 0. The first-order valence-corrected chi connectivity index (χ1v) is 6.85. The highest BCUT2D eigenvalue weighted by Crippen LogP contribution is 2.20. The average molecular weight is 277 g/mol. The Labute approximate surface area is 123 Å². The second kappa shape index (κ2) is 5.75. The van der Waals surface area contributed by atoms with Crippen molar-refractivity contribution in [2.45, 2.75) is 13.0 Å². The summed E-state index contributed by atoms with van der Waals surface area (Å²) in [4.78, 5) is 16.6. The van der Waals surface area contributed by atoms with Crippen molar-refractivity contribution >= 4 is 16.7 Å². The van der Waals surface area contributed by atoms with E-state index in [4.69, 9.17) is 4.74 Å². The fraction of sp³-hybridized carbons (Fsp3) is 0.111. The first kappa shape index (κ1) is 13.3. The predicted octanol–water partition coefficient (Wildman–Crippen LogP) is 3.89. The third-order valence-corrected chi connectivity index (χ3v) is 3.32. The Hall–Kier alpha value is -2.68. The van der Waals surface area contributed by atoms with Gasteiger partial charge in [-0.3, -0.25) is 9.78 Å². The normalized spacial score (nSPS) is 12.0. The molecule has 0 aliphatic heterocycles.